The molecule has 0 saturated heterocycles. The second kappa shape index (κ2) is 12.9. The van der Waals surface area contributed by atoms with Crippen LogP contribution in [0.3, 0.4) is 0 Å². The molecule has 108 valence electrons. The van der Waals surface area contributed by atoms with Crippen LogP contribution in [-0.2, 0) is 4.79 Å². The molecule has 0 aromatic carbocycles. The Morgan fingerprint density at radius 2 is 1.28 bits per heavy atom. The third-order valence-corrected chi connectivity index (χ3v) is 3.48. The van der Waals surface area contributed by atoms with E-state index in [9.17, 15) is 4.79 Å². The average molecular weight is 255 g/mol. The van der Waals surface area contributed by atoms with Gasteiger partial charge in [-0.25, -0.2) is 0 Å². The number of unbranched alkanes of at least 4 members (excludes halogenated alkanes) is 8. The topological polar surface area (TPSA) is 20.3 Å². The molecule has 0 heterocycles. The number of carbonyl (C=O) groups excluding carboxylic acids is 1. The first kappa shape index (κ1) is 17.5. The molecule has 0 aliphatic carbocycles. The molecule has 2 nitrogen and oxygen atoms in total. The summed E-state index contributed by atoms with van der Waals surface area (Å²) in [6.07, 6.45) is 13.6. The minimum absolute atomic E-state index is 0.319. The van der Waals surface area contributed by atoms with Gasteiger partial charge in [0.1, 0.15) is 0 Å². The van der Waals surface area contributed by atoms with Crippen molar-refractivity contribution in [3.8, 4) is 0 Å². The van der Waals surface area contributed by atoms with Gasteiger partial charge < -0.3 is 4.90 Å². The predicted molar refractivity (Wildman–Crippen MR) is 79.8 cm³/mol. The molecule has 0 aliphatic rings. The SMILES string of the molecule is CCCCCCCCCCCC(=O)N(C)CCC. The van der Waals surface area contributed by atoms with Gasteiger partial charge in [0.05, 0.1) is 0 Å². The minimum Gasteiger partial charge on any atom is -0.346 e. The maximum absolute atomic E-state index is 11.7. The highest BCUT2D eigenvalue weighted by atomic mass is 16.2. The van der Waals surface area contributed by atoms with Crippen LogP contribution in [0.15, 0.2) is 0 Å². The summed E-state index contributed by atoms with van der Waals surface area (Å²) in [5, 5.41) is 0. The summed E-state index contributed by atoms with van der Waals surface area (Å²) in [6.45, 7) is 5.27. The van der Waals surface area contributed by atoms with Crippen LogP contribution in [-0.4, -0.2) is 24.4 Å². The zero-order valence-corrected chi connectivity index (χ0v) is 12.8. The Kier molecular flexibility index (Phi) is 12.5. The summed E-state index contributed by atoms with van der Waals surface area (Å²) in [6, 6.07) is 0. The monoisotopic (exact) mass is 255 g/mol. The zero-order chi connectivity index (χ0) is 13.6. The van der Waals surface area contributed by atoms with Gasteiger partial charge >= 0.3 is 0 Å². The molecular weight excluding hydrogens is 222 g/mol. The van der Waals surface area contributed by atoms with Crippen LogP contribution in [0, 0.1) is 0 Å². The van der Waals surface area contributed by atoms with Crippen LogP contribution >= 0.6 is 0 Å². The van der Waals surface area contributed by atoms with Gasteiger partial charge in [-0.05, 0) is 12.8 Å². The van der Waals surface area contributed by atoms with E-state index < -0.39 is 0 Å². The fourth-order valence-corrected chi connectivity index (χ4v) is 2.24. The summed E-state index contributed by atoms with van der Waals surface area (Å²) in [5.74, 6) is 0.319. The lowest BCUT2D eigenvalue weighted by Crippen LogP contribution is -2.26. The van der Waals surface area contributed by atoms with E-state index in [1.165, 1.54) is 51.4 Å². The molecule has 0 bridgehead atoms. The highest BCUT2D eigenvalue weighted by Crippen LogP contribution is 2.11. The number of hydrogen-bond donors (Lipinski definition) is 0. The molecule has 18 heavy (non-hydrogen) atoms. The molecule has 0 fully saturated rings. The number of hydrogen-bond acceptors (Lipinski definition) is 1. The first-order chi connectivity index (χ1) is 8.72. The van der Waals surface area contributed by atoms with Gasteiger partial charge in [0.15, 0.2) is 0 Å². The molecule has 0 aromatic heterocycles. The third-order valence-electron chi connectivity index (χ3n) is 3.48. The Bertz CT molecular complexity index is 192. The molecule has 0 saturated carbocycles. The molecule has 0 aliphatic heterocycles. The summed E-state index contributed by atoms with van der Waals surface area (Å²) in [5.41, 5.74) is 0. The van der Waals surface area contributed by atoms with E-state index in [0.717, 1.165) is 25.8 Å². The van der Waals surface area contributed by atoms with Gasteiger partial charge in [0.25, 0.3) is 0 Å². The van der Waals surface area contributed by atoms with Crippen LogP contribution in [0.4, 0.5) is 0 Å². The largest absolute Gasteiger partial charge is 0.346 e. The van der Waals surface area contributed by atoms with Crippen molar-refractivity contribution in [1.29, 1.82) is 0 Å². The van der Waals surface area contributed by atoms with Crippen molar-refractivity contribution < 1.29 is 4.79 Å². The summed E-state index contributed by atoms with van der Waals surface area (Å²) < 4.78 is 0. The maximum atomic E-state index is 11.7. The predicted octanol–water partition coefficient (Wildman–Crippen LogP) is 4.78. The van der Waals surface area contributed by atoms with E-state index >= 15 is 0 Å². The van der Waals surface area contributed by atoms with Crippen molar-refractivity contribution >= 4 is 5.91 Å². The van der Waals surface area contributed by atoms with E-state index in [1.807, 2.05) is 11.9 Å². The number of rotatable bonds is 12. The van der Waals surface area contributed by atoms with E-state index in [2.05, 4.69) is 13.8 Å². The van der Waals surface area contributed by atoms with Crippen LogP contribution < -0.4 is 0 Å². The van der Waals surface area contributed by atoms with Gasteiger partial charge in [-0.15, -0.1) is 0 Å². The molecule has 0 aromatic rings. The second-order valence-corrected chi connectivity index (χ2v) is 5.39. The Balaban J connectivity index is 3.22. The number of nitrogens with zero attached hydrogens (tertiary/aromatic N) is 1. The van der Waals surface area contributed by atoms with Crippen molar-refractivity contribution in [2.75, 3.05) is 13.6 Å². The van der Waals surface area contributed by atoms with Crippen molar-refractivity contribution in [2.45, 2.75) is 84.5 Å². The minimum atomic E-state index is 0.319. The second-order valence-electron chi connectivity index (χ2n) is 5.39. The Labute approximate surface area is 114 Å². The number of carbonyl (C=O) groups is 1. The number of amides is 1. The van der Waals surface area contributed by atoms with Crippen LogP contribution in [0.1, 0.15) is 84.5 Å². The highest BCUT2D eigenvalue weighted by Gasteiger charge is 2.06. The fraction of sp³-hybridized carbons (Fsp3) is 0.938. The molecule has 0 radical (unpaired) electrons. The third kappa shape index (κ3) is 10.6. The van der Waals surface area contributed by atoms with Gasteiger partial charge in [0, 0.05) is 20.0 Å². The smallest absolute Gasteiger partial charge is 0.222 e. The van der Waals surface area contributed by atoms with E-state index in [1.54, 1.807) is 0 Å². The summed E-state index contributed by atoms with van der Waals surface area (Å²) in [7, 11) is 1.92. The molecule has 0 unspecified atom stereocenters. The van der Waals surface area contributed by atoms with Crippen molar-refractivity contribution in [3.05, 3.63) is 0 Å². The first-order valence-corrected chi connectivity index (χ1v) is 7.96. The highest BCUT2D eigenvalue weighted by molar-refractivity contribution is 5.75. The summed E-state index contributed by atoms with van der Waals surface area (Å²) in [4.78, 5) is 13.5. The lowest BCUT2D eigenvalue weighted by atomic mass is 10.1. The lowest BCUT2D eigenvalue weighted by Gasteiger charge is -2.15. The zero-order valence-electron chi connectivity index (χ0n) is 12.8. The maximum Gasteiger partial charge on any atom is 0.222 e. The van der Waals surface area contributed by atoms with Crippen molar-refractivity contribution in [1.82, 2.24) is 4.90 Å². The molecule has 0 N–H and O–H groups in total. The van der Waals surface area contributed by atoms with Crippen LogP contribution in [0.5, 0.6) is 0 Å². The van der Waals surface area contributed by atoms with Gasteiger partial charge in [-0.2, -0.15) is 0 Å². The van der Waals surface area contributed by atoms with Crippen LogP contribution in [0.2, 0.25) is 0 Å². The Morgan fingerprint density at radius 3 is 1.78 bits per heavy atom. The molecule has 2 heteroatoms. The van der Waals surface area contributed by atoms with Gasteiger partial charge in [0.2, 0.25) is 5.91 Å². The normalized spacial score (nSPS) is 10.6. The summed E-state index contributed by atoms with van der Waals surface area (Å²) >= 11 is 0. The van der Waals surface area contributed by atoms with E-state index in [4.69, 9.17) is 0 Å². The Morgan fingerprint density at radius 1 is 0.778 bits per heavy atom. The average Bonchev–Trinajstić information content (AvgIpc) is 2.36. The van der Waals surface area contributed by atoms with Gasteiger partial charge in [-0.1, -0.05) is 65.2 Å². The molecule has 0 spiro atoms. The van der Waals surface area contributed by atoms with Crippen LogP contribution in [0.25, 0.3) is 0 Å². The van der Waals surface area contributed by atoms with Gasteiger partial charge in [-0.3, -0.25) is 4.79 Å². The lowest BCUT2D eigenvalue weighted by molar-refractivity contribution is -0.130. The quantitative estimate of drug-likeness (QED) is 0.460. The molecule has 0 atom stereocenters. The van der Waals surface area contributed by atoms with Crippen molar-refractivity contribution in [2.24, 2.45) is 0 Å². The first-order valence-electron chi connectivity index (χ1n) is 7.96. The Hall–Kier alpha value is -0.530. The van der Waals surface area contributed by atoms with E-state index in [0.29, 0.717) is 5.91 Å². The molecule has 0 rings (SSSR count). The van der Waals surface area contributed by atoms with E-state index in [-0.39, 0.29) is 0 Å². The van der Waals surface area contributed by atoms with Crippen molar-refractivity contribution in [3.63, 3.8) is 0 Å². The standard InChI is InChI=1S/C16H33NO/c1-4-6-7-8-9-10-11-12-13-14-16(18)17(3)15-5-2/h4-15H2,1-3H3. The molecule has 1 amide bonds. The fourth-order valence-electron chi connectivity index (χ4n) is 2.24. The molecular formula is C16H33NO.